The number of aromatic nitrogens is 4. The van der Waals surface area contributed by atoms with Crippen LogP contribution in [0, 0.1) is 0 Å². The minimum Gasteiger partial charge on any atom is -0.497 e. The van der Waals surface area contributed by atoms with E-state index in [1.807, 2.05) is 24.3 Å². The molecule has 2 aromatic heterocycles. The fraction of sp³-hybridized carbons (Fsp3) is 0.0833. The second-order valence-corrected chi connectivity index (χ2v) is 3.57. The van der Waals surface area contributed by atoms with Gasteiger partial charge in [0.2, 0.25) is 0 Å². The second kappa shape index (κ2) is 3.86. The van der Waals surface area contributed by atoms with Gasteiger partial charge in [-0.3, -0.25) is 0 Å². The van der Waals surface area contributed by atoms with Crippen molar-refractivity contribution in [3.05, 3.63) is 36.8 Å². The Morgan fingerprint density at radius 3 is 2.71 bits per heavy atom. The largest absolute Gasteiger partial charge is 0.497 e. The van der Waals surface area contributed by atoms with Gasteiger partial charge in [-0.2, -0.15) is 0 Å². The predicted octanol–water partition coefficient (Wildman–Crippen LogP) is 2.03. The van der Waals surface area contributed by atoms with Crippen molar-refractivity contribution in [2.24, 2.45) is 0 Å². The first kappa shape index (κ1) is 9.77. The van der Waals surface area contributed by atoms with Gasteiger partial charge in [0.1, 0.15) is 23.4 Å². The van der Waals surface area contributed by atoms with Crippen LogP contribution >= 0.6 is 0 Å². The number of imidazole rings is 1. The van der Waals surface area contributed by atoms with Gasteiger partial charge in [-0.25, -0.2) is 15.0 Å². The highest BCUT2D eigenvalue weighted by molar-refractivity contribution is 5.74. The molecule has 0 aliphatic rings. The number of benzene rings is 1. The van der Waals surface area contributed by atoms with E-state index in [1.54, 1.807) is 13.3 Å². The lowest BCUT2D eigenvalue weighted by molar-refractivity contribution is 0.415. The number of ether oxygens (including phenoxy) is 1. The first-order valence-corrected chi connectivity index (χ1v) is 5.17. The molecule has 1 N–H and O–H groups in total. The summed E-state index contributed by atoms with van der Waals surface area (Å²) in [6.07, 6.45) is 3.20. The molecule has 1 aromatic carbocycles. The van der Waals surface area contributed by atoms with Crippen LogP contribution in [-0.4, -0.2) is 27.0 Å². The predicted molar refractivity (Wildman–Crippen MR) is 63.7 cm³/mol. The highest BCUT2D eigenvalue weighted by Crippen LogP contribution is 2.21. The zero-order valence-electron chi connectivity index (χ0n) is 9.21. The molecule has 17 heavy (non-hydrogen) atoms. The number of hydrogen-bond acceptors (Lipinski definition) is 4. The zero-order chi connectivity index (χ0) is 11.7. The first-order chi connectivity index (χ1) is 8.36. The van der Waals surface area contributed by atoms with Gasteiger partial charge in [0.05, 0.1) is 13.3 Å². The van der Waals surface area contributed by atoms with Crippen LogP contribution in [0.2, 0.25) is 0 Å². The number of fused-ring (bicyclic) bond motifs is 1. The Labute approximate surface area is 97.5 Å². The van der Waals surface area contributed by atoms with E-state index in [4.69, 9.17) is 4.74 Å². The van der Waals surface area contributed by atoms with Crippen molar-refractivity contribution in [3.63, 3.8) is 0 Å². The summed E-state index contributed by atoms with van der Waals surface area (Å²) >= 11 is 0. The number of H-pyrrole nitrogens is 1. The molecular formula is C12H10N4O. The summed E-state index contributed by atoms with van der Waals surface area (Å²) in [7, 11) is 1.64. The lowest BCUT2D eigenvalue weighted by atomic mass is 10.2. The van der Waals surface area contributed by atoms with Crippen molar-refractivity contribution in [2.75, 3.05) is 7.11 Å². The molecule has 0 aliphatic carbocycles. The number of nitrogens with zero attached hydrogens (tertiary/aromatic N) is 3. The standard InChI is InChI=1S/C12H10N4O/c1-17-9-4-2-8(3-5-9)11-15-10-6-13-7-14-12(10)16-11/h2-7H,1H3,(H,13,14,15,16). The van der Waals surface area contributed by atoms with E-state index in [0.29, 0.717) is 5.65 Å². The monoisotopic (exact) mass is 226 g/mol. The van der Waals surface area contributed by atoms with Crippen molar-refractivity contribution in [1.29, 1.82) is 0 Å². The molecule has 0 atom stereocenters. The lowest BCUT2D eigenvalue weighted by Crippen LogP contribution is -1.83. The third-order valence-electron chi connectivity index (χ3n) is 2.53. The Bertz CT molecular complexity index is 612. The molecule has 0 unspecified atom stereocenters. The molecule has 0 fully saturated rings. The van der Waals surface area contributed by atoms with Crippen LogP contribution in [0.4, 0.5) is 0 Å². The summed E-state index contributed by atoms with van der Waals surface area (Å²) < 4.78 is 5.11. The molecule has 2 heterocycles. The van der Waals surface area contributed by atoms with Crippen molar-refractivity contribution in [2.45, 2.75) is 0 Å². The van der Waals surface area contributed by atoms with Crippen LogP contribution in [0.15, 0.2) is 36.8 Å². The third-order valence-corrected chi connectivity index (χ3v) is 2.53. The normalized spacial score (nSPS) is 10.6. The quantitative estimate of drug-likeness (QED) is 0.726. The molecule has 84 valence electrons. The van der Waals surface area contributed by atoms with Gasteiger partial charge in [0, 0.05) is 5.56 Å². The number of methoxy groups -OCH3 is 1. The van der Waals surface area contributed by atoms with Gasteiger partial charge >= 0.3 is 0 Å². The minimum absolute atomic E-state index is 0.672. The second-order valence-electron chi connectivity index (χ2n) is 3.57. The molecule has 0 aliphatic heterocycles. The fourth-order valence-corrected chi connectivity index (χ4v) is 1.65. The number of hydrogen-bond donors (Lipinski definition) is 1. The van der Waals surface area contributed by atoms with E-state index in [1.165, 1.54) is 6.33 Å². The van der Waals surface area contributed by atoms with Gasteiger partial charge in [0.25, 0.3) is 0 Å². The van der Waals surface area contributed by atoms with Crippen LogP contribution in [0.1, 0.15) is 0 Å². The zero-order valence-corrected chi connectivity index (χ0v) is 9.21. The maximum Gasteiger partial charge on any atom is 0.181 e. The Balaban J connectivity index is 2.07. The van der Waals surface area contributed by atoms with E-state index < -0.39 is 0 Å². The topological polar surface area (TPSA) is 63.7 Å². The van der Waals surface area contributed by atoms with Gasteiger partial charge < -0.3 is 9.72 Å². The molecule has 0 amide bonds. The highest BCUT2D eigenvalue weighted by Gasteiger charge is 2.05. The molecule has 0 bridgehead atoms. The summed E-state index contributed by atoms with van der Waals surface area (Å²) in [4.78, 5) is 15.6. The molecule has 0 saturated carbocycles. The number of nitrogens with one attached hydrogen (secondary N) is 1. The van der Waals surface area contributed by atoms with Crippen molar-refractivity contribution in [1.82, 2.24) is 19.9 Å². The Morgan fingerprint density at radius 1 is 1.18 bits per heavy atom. The molecule has 3 rings (SSSR count). The molecule has 5 nitrogen and oxygen atoms in total. The Hall–Kier alpha value is -2.43. The first-order valence-electron chi connectivity index (χ1n) is 5.17. The summed E-state index contributed by atoms with van der Waals surface area (Å²) in [5.74, 6) is 1.60. The molecule has 5 heteroatoms. The van der Waals surface area contributed by atoms with Crippen LogP contribution in [0.25, 0.3) is 22.6 Å². The lowest BCUT2D eigenvalue weighted by Gasteiger charge is -2.00. The average molecular weight is 226 g/mol. The maximum absolute atomic E-state index is 5.11. The summed E-state index contributed by atoms with van der Waals surface area (Å²) in [5, 5.41) is 0. The van der Waals surface area contributed by atoms with Crippen LogP contribution < -0.4 is 4.74 Å². The molecule has 3 aromatic rings. The maximum atomic E-state index is 5.11. The Morgan fingerprint density at radius 2 is 2.00 bits per heavy atom. The Kier molecular flexibility index (Phi) is 2.22. The van der Waals surface area contributed by atoms with E-state index in [9.17, 15) is 0 Å². The summed E-state index contributed by atoms with van der Waals surface area (Å²) in [6, 6.07) is 7.69. The van der Waals surface area contributed by atoms with E-state index in [0.717, 1.165) is 22.7 Å². The molecule has 0 spiro atoms. The minimum atomic E-state index is 0.672. The van der Waals surface area contributed by atoms with Crippen LogP contribution in [-0.2, 0) is 0 Å². The third kappa shape index (κ3) is 1.71. The van der Waals surface area contributed by atoms with Crippen LogP contribution in [0.3, 0.4) is 0 Å². The summed E-state index contributed by atoms with van der Waals surface area (Å²) in [5.41, 5.74) is 2.49. The highest BCUT2D eigenvalue weighted by atomic mass is 16.5. The van der Waals surface area contributed by atoms with Crippen LogP contribution in [0.5, 0.6) is 5.75 Å². The summed E-state index contributed by atoms with van der Waals surface area (Å²) in [6.45, 7) is 0. The fourth-order valence-electron chi connectivity index (χ4n) is 1.65. The smallest absolute Gasteiger partial charge is 0.181 e. The SMILES string of the molecule is COc1ccc(-c2nc3ncncc3[nH]2)cc1. The van der Waals surface area contributed by atoms with Gasteiger partial charge in [0.15, 0.2) is 5.65 Å². The number of aromatic amines is 1. The van der Waals surface area contributed by atoms with Crippen molar-refractivity contribution < 1.29 is 4.74 Å². The average Bonchev–Trinajstić information content (AvgIpc) is 2.82. The van der Waals surface area contributed by atoms with E-state index in [2.05, 4.69) is 19.9 Å². The number of rotatable bonds is 2. The van der Waals surface area contributed by atoms with E-state index in [-0.39, 0.29) is 0 Å². The molecule has 0 saturated heterocycles. The van der Waals surface area contributed by atoms with Gasteiger partial charge in [-0.05, 0) is 24.3 Å². The van der Waals surface area contributed by atoms with E-state index >= 15 is 0 Å². The molecular weight excluding hydrogens is 216 g/mol. The van der Waals surface area contributed by atoms with Gasteiger partial charge in [-0.15, -0.1) is 0 Å². The molecule has 0 radical (unpaired) electrons. The van der Waals surface area contributed by atoms with Crippen molar-refractivity contribution >= 4 is 11.2 Å². The van der Waals surface area contributed by atoms with Gasteiger partial charge in [-0.1, -0.05) is 0 Å². The van der Waals surface area contributed by atoms with Crippen molar-refractivity contribution in [3.8, 4) is 17.1 Å².